The molecule has 5 heteroatoms. The van der Waals surface area contributed by atoms with Gasteiger partial charge >= 0.3 is 0 Å². The molecule has 5 nitrogen and oxygen atoms in total. The first-order valence-electron chi connectivity index (χ1n) is 9.22. The summed E-state index contributed by atoms with van der Waals surface area (Å²) in [7, 11) is 0. The van der Waals surface area contributed by atoms with Gasteiger partial charge in [0.15, 0.2) is 5.96 Å². The van der Waals surface area contributed by atoms with Crippen molar-refractivity contribution >= 4 is 11.6 Å². The number of guanidine groups is 1. The number of aliphatic imine (C=N–C) groups is 1. The van der Waals surface area contributed by atoms with Crippen molar-refractivity contribution in [3.63, 3.8) is 0 Å². The molecular weight excluding hydrogens is 334 g/mol. The Hall–Kier alpha value is -3.08. The molecule has 1 heterocycles. The zero-order valence-electron chi connectivity index (χ0n) is 16.4. The second-order valence-corrected chi connectivity index (χ2v) is 7.07. The van der Waals surface area contributed by atoms with Gasteiger partial charge in [-0.1, -0.05) is 44.2 Å². The standard InChI is InChI=1S/C22H27N5/c1-15(2)18-9-7-10-20(13-18)25-22(23)24-14-19-8-5-6-11-21(19)27-17(4)12-16(3)26-27/h5-13,15H,14H2,1-4H3,(H3,23,24,25). The van der Waals surface area contributed by atoms with Crippen LogP contribution in [0.25, 0.3) is 5.69 Å². The number of aromatic nitrogens is 2. The summed E-state index contributed by atoms with van der Waals surface area (Å²) in [5, 5.41) is 7.77. The lowest BCUT2D eigenvalue weighted by molar-refractivity contribution is 0.818. The molecule has 0 aliphatic heterocycles. The van der Waals surface area contributed by atoms with Crippen LogP contribution in [0.3, 0.4) is 0 Å². The zero-order valence-corrected chi connectivity index (χ0v) is 16.4. The molecule has 0 bridgehead atoms. The van der Waals surface area contributed by atoms with Crippen LogP contribution in [0.15, 0.2) is 59.6 Å². The molecule has 0 spiro atoms. The maximum Gasteiger partial charge on any atom is 0.193 e. The molecule has 0 saturated carbocycles. The fourth-order valence-corrected chi connectivity index (χ4v) is 3.06. The first-order chi connectivity index (χ1) is 12.9. The van der Waals surface area contributed by atoms with Crippen LogP contribution >= 0.6 is 0 Å². The molecule has 0 atom stereocenters. The smallest absolute Gasteiger partial charge is 0.193 e. The first kappa shape index (κ1) is 18.7. The lowest BCUT2D eigenvalue weighted by Crippen LogP contribution is -2.22. The van der Waals surface area contributed by atoms with Crippen molar-refractivity contribution in [2.45, 2.75) is 40.2 Å². The van der Waals surface area contributed by atoms with Crippen LogP contribution in [0.2, 0.25) is 0 Å². The molecule has 3 N–H and O–H groups in total. The predicted octanol–water partition coefficient (Wildman–Crippen LogP) is 4.54. The lowest BCUT2D eigenvalue weighted by atomic mass is 10.0. The highest BCUT2D eigenvalue weighted by molar-refractivity contribution is 5.92. The maximum atomic E-state index is 6.12. The van der Waals surface area contributed by atoms with Crippen LogP contribution in [0, 0.1) is 13.8 Å². The van der Waals surface area contributed by atoms with E-state index in [1.807, 2.05) is 35.9 Å². The third-order valence-corrected chi connectivity index (χ3v) is 4.47. The van der Waals surface area contributed by atoms with Crippen LogP contribution in [0.1, 0.15) is 42.3 Å². The van der Waals surface area contributed by atoms with E-state index in [9.17, 15) is 0 Å². The molecule has 0 saturated heterocycles. The van der Waals surface area contributed by atoms with E-state index in [4.69, 9.17) is 5.73 Å². The van der Waals surface area contributed by atoms with Crippen molar-refractivity contribution in [1.29, 1.82) is 0 Å². The van der Waals surface area contributed by atoms with E-state index in [1.165, 1.54) is 5.56 Å². The van der Waals surface area contributed by atoms with Crippen LogP contribution in [0.5, 0.6) is 0 Å². The number of para-hydroxylation sites is 1. The summed E-state index contributed by atoms with van der Waals surface area (Å²) >= 11 is 0. The molecule has 0 aliphatic carbocycles. The van der Waals surface area contributed by atoms with Gasteiger partial charge in [0.05, 0.1) is 17.9 Å². The molecule has 2 aromatic carbocycles. The van der Waals surface area contributed by atoms with Gasteiger partial charge in [-0.2, -0.15) is 5.10 Å². The Morgan fingerprint density at radius 2 is 1.89 bits per heavy atom. The van der Waals surface area contributed by atoms with Crippen molar-refractivity contribution in [2.75, 3.05) is 5.32 Å². The Bertz CT molecular complexity index is 953. The van der Waals surface area contributed by atoms with Crippen molar-refractivity contribution < 1.29 is 0 Å². The van der Waals surface area contributed by atoms with E-state index in [1.54, 1.807) is 0 Å². The lowest BCUT2D eigenvalue weighted by Gasteiger charge is -2.11. The Morgan fingerprint density at radius 3 is 2.59 bits per heavy atom. The SMILES string of the molecule is Cc1cc(C)n(-c2ccccc2CN=C(N)Nc2cccc(C(C)C)c2)n1. The van der Waals surface area contributed by atoms with Crippen LogP contribution < -0.4 is 11.1 Å². The van der Waals surface area contributed by atoms with Crippen LogP contribution in [-0.4, -0.2) is 15.7 Å². The van der Waals surface area contributed by atoms with Gasteiger partial charge in [0.2, 0.25) is 0 Å². The number of anilines is 1. The van der Waals surface area contributed by atoms with E-state index in [0.29, 0.717) is 18.4 Å². The normalized spacial score (nSPS) is 11.8. The number of benzene rings is 2. The van der Waals surface area contributed by atoms with Gasteiger partial charge in [0, 0.05) is 11.4 Å². The van der Waals surface area contributed by atoms with Gasteiger partial charge in [-0.25, -0.2) is 9.67 Å². The summed E-state index contributed by atoms with van der Waals surface area (Å²) in [5.74, 6) is 0.872. The molecule has 3 aromatic rings. The minimum Gasteiger partial charge on any atom is -0.370 e. The van der Waals surface area contributed by atoms with Crippen molar-refractivity contribution in [2.24, 2.45) is 10.7 Å². The monoisotopic (exact) mass is 361 g/mol. The number of nitrogens with one attached hydrogen (secondary N) is 1. The highest BCUT2D eigenvalue weighted by Gasteiger charge is 2.08. The quantitative estimate of drug-likeness (QED) is 0.518. The number of nitrogens with two attached hydrogens (primary N) is 1. The van der Waals surface area contributed by atoms with Crippen LogP contribution in [-0.2, 0) is 6.54 Å². The average molecular weight is 361 g/mol. The highest BCUT2D eigenvalue weighted by atomic mass is 15.3. The number of nitrogens with zero attached hydrogens (tertiary/aromatic N) is 3. The summed E-state index contributed by atoms with van der Waals surface area (Å²) < 4.78 is 1.95. The Balaban J connectivity index is 1.78. The molecule has 3 rings (SSSR count). The van der Waals surface area contributed by atoms with E-state index in [0.717, 1.165) is 28.3 Å². The number of rotatable bonds is 5. The molecule has 27 heavy (non-hydrogen) atoms. The summed E-state index contributed by atoms with van der Waals surface area (Å²) in [6.45, 7) is 8.88. The molecule has 0 aliphatic rings. The highest BCUT2D eigenvalue weighted by Crippen LogP contribution is 2.19. The molecule has 140 valence electrons. The van der Waals surface area contributed by atoms with E-state index < -0.39 is 0 Å². The zero-order chi connectivity index (χ0) is 19.4. The van der Waals surface area contributed by atoms with Gasteiger partial charge in [0.1, 0.15) is 0 Å². The molecular formula is C22H27N5. The van der Waals surface area contributed by atoms with Gasteiger partial charge in [0.25, 0.3) is 0 Å². The Kier molecular flexibility index (Phi) is 5.60. The van der Waals surface area contributed by atoms with Crippen LogP contribution in [0.4, 0.5) is 5.69 Å². The van der Waals surface area contributed by atoms with Crippen molar-refractivity contribution in [3.8, 4) is 5.69 Å². The second kappa shape index (κ2) is 8.08. The van der Waals surface area contributed by atoms with E-state index in [2.05, 4.69) is 66.5 Å². The molecule has 0 unspecified atom stereocenters. The summed E-state index contributed by atoms with van der Waals surface area (Å²) in [6, 6.07) is 18.5. The fourth-order valence-electron chi connectivity index (χ4n) is 3.06. The minimum absolute atomic E-state index is 0.402. The third-order valence-electron chi connectivity index (χ3n) is 4.47. The van der Waals surface area contributed by atoms with Gasteiger partial charge in [-0.3, -0.25) is 0 Å². The van der Waals surface area contributed by atoms with Crippen molar-refractivity contribution in [1.82, 2.24) is 9.78 Å². The van der Waals surface area contributed by atoms with Gasteiger partial charge in [-0.05, 0) is 55.2 Å². The first-order valence-corrected chi connectivity index (χ1v) is 9.22. The van der Waals surface area contributed by atoms with Crippen molar-refractivity contribution in [3.05, 3.63) is 77.1 Å². The third kappa shape index (κ3) is 4.56. The molecule has 0 fully saturated rings. The number of aryl methyl sites for hydroxylation is 2. The minimum atomic E-state index is 0.402. The molecule has 0 radical (unpaired) electrons. The summed E-state index contributed by atoms with van der Waals surface area (Å²) in [5.41, 5.74) is 12.5. The number of hydrogen-bond donors (Lipinski definition) is 2. The van der Waals surface area contributed by atoms with E-state index in [-0.39, 0.29) is 0 Å². The second-order valence-electron chi connectivity index (χ2n) is 7.07. The average Bonchev–Trinajstić information content (AvgIpc) is 2.98. The van der Waals surface area contributed by atoms with E-state index >= 15 is 0 Å². The molecule has 0 amide bonds. The summed E-state index contributed by atoms with van der Waals surface area (Å²) in [6.07, 6.45) is 0. The number of hydrogen-bond acceptors (Lipinski definition) is 2. The Morgan fingerprint density at radius 1 is 1.11 bits per heavy atom. The Labute approximate surface area is 160 Å². The summed E-state index contributed by atoms with van der Waals surface area (Å²) in [4.78, 5) is 4.53. The fraction of sp³-hybridized carbons (Fsp3) is 0.273. The topological polar surface area (TPSA) is 68.2 Å². The maximum absolute atomic E-state index is 6.12. The van der Waals surface area contributed by atoms with Gasteiger partial charge < -0.3 is 11.1 Å². The molecule has 1 aromatic heterocycles. The predicted molar refractivity (Wildman–Crippen MR) is 113 cm³/mol. The van der Waals surface area contributed by atoms with Gasteiger partial charge in [-0.15, -0.1) is 0 Å². The largest absolute Gasteiger partial charge is 0.370 e.